The maximum absolute atomic E-state index is 13.1. The predicted molar refractivity (Wildman–Crippen MR) is 108 cm³/mol. The lowest BCUT2D eigenvalue weighted by atomic mass is 9.84. The zero-order valence-corrected chi connectivity index (χ0v) is 16.4. The van der Waals surface area contributed by atoms with Crippen molar-refractivity contribution in [3.63, 3.8) is 0 Å². The Morgan fingerprint density at radius 2 is 1.80 bits per heavy atom. The second kappa shape index (κ2) is 6.03. The summed E-state index contributed by atoms with van der Waals surface area (Å²) in [6.07, 6.45) is -1.04. The minimum Gasteiger partial charge on any atom is -0.503 e. The van der Waals surface area contributed by atoms with E-state index in [0.717, 1.165) is 5.56 Å². The molecule has 7 heteroatoms. The third-order valence-electron chi connectivity index (χ3n) is 6.07. The van der Waals surface area contributed by atoms with Crippen molar-refractivity contribution in [3.8, 4) is 22.6 Å². The molecule has 2 N–H and O–H groups in total. The maximum atomic E-state index is 13.1. The first-order chi connectivity index (χ1) is 14.2. The van der Waals surface area contributed by atoms with Crippen LogP contribution in [-0.2, 0) is 6.54 Å². The summed E-state index contributed by atoms with van der Waals surface area (Å²) in [4.78, 5) is 38.1. The monoisotopic (exact) mass is 405 g/mol. The van der Waals surface area contributed by atoms with Gasteiger partial charge in [0.05, 0.1) is 11.6 Å². The van der Waals surface area contributed by atoms with E-state index in [1.54, 1.807) is 49.1 Å². The number of amides is 1. The van der Waals surface area contributed by atoms with Gasteiger partial charge in [-0.1, -0.05) is 24.3 Å². The fraction of sp³-hybridized carbons (Fsp3) is 0.261. The highest BCUT2D eigenvalue weighted by atomic mass is 16.5. The second-order valence-corrected chi connectivity index (χ2v) is 8.32. The number of aliphatic hydroxyl groups is 1. The molecule has 0 spiro atoms. The quantitative estimate of drug-likeness (QED) is 0.631. The molecule has 2 atom stereocenters. The number of hydrogen-bond donors (Lipinski definition) is 2. The fourth-order valence-corrected chi connectivity index (χ4v) is 4.41. The van der Waals surface area contributed by atoms with Gasteiger partial charge < -0.3 is 19.8 Å². The Morgan fingerprint density at radius 3 is 2.50 bits per heavy atom. The Morgan fingerprint density at radius 1 is 1.07 bits per heavy atom. The van der Waals surface area contributed by atoms with E-state index in [0.29, 0.717) is 29.0 Å². The van der Waals surface area contributed by atoms with E-state index in [9.17, 15) is 24.6 Å². The smallest absolute Gasteiger partial charge is 0.268 e. The van der Waals surface area contributed by atoms with Crippen LogP contribution in [-0.4, -0.2) is 32.7 Å². The van der Waals surface area contributed by atoms with E-state index in [4.69, 9.17) is 4.74 Å². The highest BCUT2D eigenvalue weighted by Crippen LogP contribution is 2.46. The Balaban J connectivity index is 1.65. The van der Waals surface area contributed by atoms with E-state index < -0.39 is 34.4 Å². The van der Waals surface area contributed by atoms with Gasteiger partial charge in [0.25, 0.3) is 11.3 Å². The number of aliphatic hydroxyl groups excluding tert-OH is 1. The number of carbonyl (C=O) groups excluding carboxylic acids is 1. The summed E-state index contributed by atoms with van der Waals surface area (Å²) < 4.78 is 5.98. The van der Waals surface area contributed by atoms with E-state index in [2.05, 4.69) is 0 Å². The normalized spacial score (nSPS) is 22.0. The molecule has 0 fully saturated rings. The number of ether oxygens (including phenoxy) is 1. The van der Waals surface area contributed by atoms with Gasteiger partial charge in [-0.15, -0.1) is 0 Å². The summed E-state index contributed by atoms with van der Waals surface area (Å²) in [5.74, 6) is -0.291. The van der Waals surface area contributed by atoms with Crippen molar-refractivity contribution in [2.24, 2.45) is 0 Å². The second-order valence-electron chi connectivity index (χ2n) is 8.32. The molecule has 5 rings (SSSR count). The molecule has 30 heavy (non-hydrogen) atoms. The molecule has 7 nitrogen and oxygen atoms in total. The van der Waals surface area contributed by atoms with E-state index in [1.165, 1.54) is 0 Å². The van der Waals surface area contributed by atoms with Crippen molar-refractivity contribution in [1.82, 2.24) is 4.90 Å². The molecule has 0 saturated heterocycles. The minimum atomic E-state index is -1.04. The molecule has 3 aromatic rings. The van der Waals surface area contributed by atoms with Gasteiger partial charge in [-0.2, -0.15) is 0 Å². The number of rotatable bonds is 2. The Hall–Kier alpha value is -3.45. The third-order valence-corrected chi connectivity index (χ3v) is 6.07. The van der Waals surface area contributed by atoms with Gasteiger partial charge in [-0.25, -0.2) is 0 Å². The van der Waals surface area contributed by atoms with Crippen LogP contribution in [0.3, 0.4) is 0 Å². The number of nitrogens with zero attached hydrogens (tertiary/aromatic N) is 1. The van der Waals surface area contributed by atoms with Crippen LogP contribution in [0.5, 0.6) is 11.5 Å². The summed E-state index contributed by atoms with van der Waals surface area (Å²) in [5, 5.41) is 21.0. The molecule has 2 heterocycles. The highest BCUT2D eigenvalue weighted by Gasteiger charge is 2.48. The standard InChI is InChI=1S/C23H19NO6/c1-23(2)21(28)17(24-10-12-5-3-4-6-13(12)22(24)29)14-9-11(7-8-15(14)30-23)16-18(25)20(27)19(16)26/h3-9,17,21,25,28H,10H2,1-2H3. The zero-order valence-electron chi connectivity index (χ0n) is 16.4. The predicted octanol–water partition coefficient (Wildman–Crippen LogP) is 1.88. The molecule has 0 bridgehead atoms. The first-order valence-electron chi connectivity index (χ1n) is 9.63. The SMILES string of the molecule is CC1(C)Oc2ccc(-c3c(O)c(=O)c3=O)cc2C(N2Cc3ccccc3C2=O)C1O. The molecule has 2 unspecified atom stereocenters. The van der Waals surface area contributed by atoms with Gasteiger partial charge in [0.15, 0.2) is 5.75 Å². The van der Waals surface area contributed by atoms with Crippen LogP contribution < -0.4 is 15.6 Å². The van der Waals surface area contributed by atoms with Crippen molar-refractivity contribution in [2.75, 3.05) is 0 Å². The molecule has 152 valence electrons. The zero-order chi connectivity index (χ0) is 21.4. The Bertz CT molecular complexity index is 1280. The Kier molecular flexibility index (Phi) is 3.73. The molecular weight excluding hydrogens is 386 g/mol. The fourth-order valence-electron chi connectivity index (χ4n) is 4.41. The highest BCUT2D eigenvalue weighted by molar-refractivity contribution is 5.98. The molecule has 1 amide bonds. The topological polar surface area (TPSA) is 104 Å². The van der Waals surface area contributed by atoms with Crippen molar-refractivity contribution in [2.45, 2.75) is 38.1 Å². The number of fused-ring (bicyclic) bond motifs is 2. The van der Waals surface area contributed by atoms with Gasteiger partial charge in [-0.05, 0) is 43.2 Å². The molecule has 0 aromatic heterocycles. The molecule has 0 radical (unpaired) electrons. The van der Waals surface area contributed by atoms with Crippen molar-refractivity contribution in [1.29, 1.82) is 0 Å². The van der Waals surface area contributed by atoms with Crippen LogP contribution in [0.15, 0.2) is 52.1 Å². The number of carbonyl (C=O) groups is 1. The van der Waals surface area contributed by atoms with Crippen LogP contribution in [0, 0.1) is 0 Å². The maximum Gasteiger partial charge on any atom is 0.268 e. The largest absolute Gasteiger partial charge is 0.503 e. The molecule has 0 aliphatic carbocycles. The Labute approximate surface area is 171 Å². The van der Waals surface area contributed by atoms with Gasteiger partial charge in [-0.3, -0.25) is 14.4 Å². The van der Waals surface area contributed by atoms with Crippen molar-refractivity contribution < 1.29 is 19.7 Å². The van der Waals surface area contributed by atoms with Crippen LogP contribution in [0.2, 0.25) is 0 Å². The van der Waals surface area contributed by atoms with Crippen LogP contribution in [0.1, 0.15) is 41.4 Å². The molecule has 2 aliphatic heterocycles. The van der Waals surface area contributed by atoms with Crippen molar-refractivity contribution >= 4 is 5.91 Å². The lowest BCUT2D eigenvalue weighted by molar-refractivity contribution is -0.0867. The van der Waals surface area contributed by atoms with Crippen LogP contribution in [0.25, 0.3) is 11.1 Å². The van der Waals surface area contributed by atoms with E-state index in [-0.39, 0.29) is 11.5 Å². The van der Waals surface area contributed by atoms with E-state index in [1.807, 2.05) is 12.1 Å². The molecule has 0 saturated carbocycles. The summed E-state index contributed by atoms with van der Waals surface area (Å²) >= 11 is 0. The average molecular weight is 405 g/mol. The summed E-state index contributed by atoms with van der Waals surface area (Å²) in [7, 11) is 0. The number of benzene rings is 2. The van der Waals surface area contributed by atoms with Gasteiger partial charge >= 0.3 is 0 Å². The minimum absolute atomic E-state index is 0.0584. The van der Waals surface area contributed by atoms with Crippen LogP contribution >= 0.6 is 0 Å². The van der Waals surface area contributed by atoms with E-state index >= 15 is 0 Å². The third kappa shape index (κ3) is 2.39. The molecule has 3 aromatic carbocycles. The summed E-state index contributed by atoms with van der Waals surface area (Å²) in [6.45, 7) is 3.83. The van der Waals surface area contributed by atoms with Gasteiger partial charge in [0.2, 0.25) is 5.43 Å². The molecule has 2 aliphatic rings. The first-order valence-corrected chi connectivity index (χ1v) is 9.63. The summed E-state index contributed by atoms with van der Waals surface area (Å²) in [6, 6.07) is 11.4. The number of hydrogen-bond acceptors (Lipinski definition) is 6. The lowest BCUT2D eigenvalue weighted by Crippen LogP contribution is -2.53. The van der Waals surface area contributed by atoms with Gasteiger partial charge in [0.1, 0.15) is 17.5 Å². The average Bonchev–Trinajstić information content (AvgIpc) is 3.05. The lowest BCUT2D eigenvalue weighted by Gasteiger charge is -2.45. The van der Waals surface area contributed by atoms with Crippen molar-refractivity contribution in [3.05, 3.63) is 79.6 Å². The first kappa shape index (κ1) is 18.6. The van der Waals surface area contributed by atoms with Crippen LogP contribution in [0.4, 0.5) is 0 Å². The number of aromatic hydroxyl groups is 1. The molecular formula is C23H19NO6. The van der Waals surface area contributed by atoms with Gasteiger partial charge in [0, 0.05) is 17.7 Å². The summed E-state index contributed by atoms with van der Waals surface area (Å²) in [5.41, 5.74) is -0.361.